The largest absolute Gasteiger partial charge is 0.396 e. The predicted molar refractivity (Wildman–Crippen MR) is 57.4 cm³/mol. The minimum absolute atomic E-state index is 0.109. The molecule has 0 aliphatic rings. The van der Waals surface area contributed by atoms with Crippen LogP contribution in [0, 0.1) is 11.8 Å². The second kappa shape index (κ2) is 6.90. The van der Waals surface area contributed by atoms with Gasteiger partial charge in [-0.15, -0.1) is 0 Å². The lowest BCUT2D eigenvalue weighted by Gasteiger charge is -2.05. The molecule has 0 saturated heterocycles. The standard InChI is InChI=1S/C11H14F2N2O2/c12-9-8(4-6-14-10(9)13)11(17)15-5-2-1-3-7-16/h4,6,16H,1-3,5,7H2,(H,15,17). The maximum atomic E-state index is 13.2. The van der Waals surface area contributed by atoms with Crippen molar-refractivity contribution in [3.8, 4) is 0 Å². The molecule has 0 fully saturated rings. The molecule has 1 heterocycles. The molecular weight excluding hydrogens is 230 g/mol. The van der Waals surface area contributed by atoms with Gasteiger partial charge in [0.05, 0.1) is 5.56 Å². The number of hydrogen-bond acceptors (Lipinski definition) is 3. The van der Waals surface area contributed by atoms with Gasteiger partial charge in [-0.1, -0.05) is 0 Å². The first-order chi connectivity index (χ1) is 8.16. The molecule has 0 radical (unpaired) electrons. The highest BCUT2D eigenvalue weighted by Crippen LogP contribution is 2.08. The molecule has 0 bridgehead atoms. The van der Waals surface area contributed by atoms with Crippen LogP contribution in [-0.2, 0) is 0 Å². The second-order valence-corrected chi connectivity index (χ2v) is 3.50. The van der Waals surface area contributed by atoms with Crippen molar-refractivity contribution >= 4 is 5.91 Å². The Bertz CT molecular complexity index is 386. The van der Waals surface area contributed by atoms with E-state index in [-0.39, 0.29) is 12.2 Å². The van der Waals surface area contributed by atoms with Gasteiger partial charge in [0.1, 0.15) is 0 Å². The number of amides is 1. The summed E-state index contributed by atoms with van der Waals surface area (Å²) in [5, 5.41) is 11.0. The molecule has 0 spiro atoms. The van der Waals surface area contributed by atoms with Crippen molar-refractivity contribution in [1.29, 1.82) is 0 Å². The molecule has 0 aliphatic carbocycles. The van der Waals surface area contributed by atoms with Crippen molar-refractivity contribution in [2.45, 2.75) is 19.3 Å². The van der Waals surface area contributed by atoms with E-state index in [1.54, 1.807) is 0 Å². The Balaban J connectivity index is 2.44. The molecule has 2 N–H and O–H groups in total. The molecule has 0 aliphatic heterocycles. The molecule has 1 amide bonds. The van der Waals surface area contributed by atoms with Crippen LogP contribution in [0.15, 0.2) is 12.3 Å². The van der Waals surface area contributed by atoms with Crippen LogP contribution in [0.2, 0.25) is 0 Å². The van der Waals surface area contributed by atoms with Crippen LogP contribution >= 0.6 is 0 Å². The Morgan fingerprint density at radius 3 is 2.82 bits per heavy atom. The fourth-order valence-corrected chi connectivity index (χ4v) is 1.30. The molecule has 6 heteroatoms. The Labute approximate surface area is 97.7 Å². The maximum absolute atomic E-state index is 13.2. The topological polar surface area (TPSA) is 62.2 Å². The average molecular weight is 244 g/mol. The van der Waals surface area contributed by atoms with Gasteiger partial charge in [-0.3, -0.25) is 4.79 Å². The van der Waals surface area contributed by atoms with E-state index < -0.39 is 17.7 Å². The maximum Gasteiger partial charge on any atom is 0.254 e. The van der Waals surface area contributed by atoms with Crippen LogP contribution in [0.25, 0.3) is 0 Å². The van der Waals surface area contributed by atoms with E-state index >= 15 is 0 Å². The summed E-state index contributed by atoms with van der Waals surface area (Å²) < 4.78 is 25.9. The monoisotopic (exact) mass is 244 g/mol. The second-order valence-electron chi connectivity index (χ2n) is 3.50. The van der Waals surface area contributed by atoms with Crippen molar-refractivity contribution in [2.75, 3.05) is 13.2 Å². The van der Waals surface area contributed by atoms with Crippen LogP contribution in [0.3, 0.4) is 0 Å². The van der Waals surface area contributed by atoms with E-state index in [4.69, 9.17) is 5.11 Å². The number of aliphatic hydroxyl groups excluding tert-OH is 1. The van der Waals surface area contributed by atoms with Gasteiger partial charge in [-0.25, -0.2) is 9.37 Å². The SMILES string of the molecule is O=C(NCCCCCO)c1ccnc(F)c1F. The first kappa shape index (κ1) is 13.5. The van der Waals surface area contributed by atoms with E-state index in [1.165, 1.54) is 0 Å². The zero-order chi connectivity index (χ0) is 12.7. The first-order valence-electron chi connectivity index (χ1n) is 5.36. The predicted octanol–water partition coefficient (Wildman–Crippen LogP) is 1.25. The van der Waals surface area contributed by atoms with Gasteiger partial charge in [0.25, 0.3) is 5.91 Å². The van der Waals surface area contributed by atoms with Gasteiger partial charge in [-0.05, 0) is 25.3 Å². The molecule has 1 aromatic heterocycles. The summed E-state index contributed by atoms with van der Waals surface area (Å²) >= 11 is 0. The number of aliphatic hydroxyl groups is 1. The van der Waals surface area contributed by atoms with Crippen molar-refractivity contribution in [2.24, 2.45) is 0 Å². The minimum atomic E-state index is -1.28. The van der Waals surface area contributed by atoms with Crippen LogP contribution in [0.4, 0.5) is 8.78 Å². The number of halogens is 2. The van der Waals surface area contributed by atoms with E-state index in [1.807, 2.05) is 0 Å². The minimum Gasteiger partial charge on any atom is -0.396 e. The van der Waals surface area contributed by atoms with Crippen molar-refractivity contribution < 1.29 is 18.7 Å². The van der Waals surface area contributed by atoms with Gasteiger partial charge >= 0.3 is 0 Å². The summed E-state index contributed by atoms with van der Waals surface area (Å²) in [5.41, 5.74) is -0.348. The van der Waals surface area contributed by atoms with E-state index in [0.717, 1.165) is 18.7 Å². The average Bonchev–Trinajstić information content (AvgIpc) is 2.32. The number of nitrogens with zero attached hydrogens (tertiary/aromatic N) is 1. The molecule has 0 saturated carbocycles. The third-order valence-corrected chi connectivity index (χ3v) is 2.21. The fourth-order valence-electron chi connectivity index (χ4n) is 1.30. The molecule has 1 rings (SSSR count). The lowest BCUT2D eigenvalue weighted by atomic mass is 10.2. The molecule has 94 valence electrons. The van der Waals surface area contributed by atoms with Crippen molar-refractivity contribution in [3.05, 3.63) is 29.6 Å². The molecule has 0 atom stereocenters. The lowest BCUT2D eigenvalue weighted by molar-refractivity contribution is 0.0947. The highest BCUT2D eigenvalue weighted by Gasteiger charge is 2.15. The molecule has 0 unspecified atom stereocenters. The van der Waals surface area contributed by atoms with Gasteiger partial charge in [0.2, 0.25) is 5.95 Å². The number of pyridine rings is 1. The number of carbonyl (C=O) groups excluding carboxylic acids is 1. The number of nitrogens with one attached hydrogen (secondary N) is 1. The van der Waals surface area contributed by atoms with Gasteiger partial charge in [-0.2, -0.15) is 4.39 Å². The van der Waals surface area contributed by atoms with Crippen LogP contribution in [-0.4, -0.2) is 29.1 Å². The number of unbranched alkanes of at least 4 members (excludes halogenated alkanes) is 2. The van der Waals surface area contributed by atoms with Gasteiger partial charge in [0.15, 0.2) is 5.82 Å². The fraction of sp³-hybridized carbons (Fsp3) is 0.455. The smallest absolute Gasteiger partial charge is 0.254 e. The third-order valence-electron chi connectivity index (χ3n) is 2.21. The molecule has 17 heavy (non-hydrogen) atoms. The summed E-state index contributed by atoms with van der Waals surface area (Å²) in [4.78, 5) is 14.5. The summed E-state index contributed by atoms with van der Waals surface area (Å²) in [6.45, 7) is 0.473. The zero-order valence-electron chi connectivity index (χ0n) is 9.25. The molecule has 0 aromatic carbocycles. The molecular formula is C11H14F2N2O2. The van der Waals surface area contributed by atoms with Gasteiger partial charge < -0.3 is 10.4 Å². The van der Waals surface area contributed by atoms with E-state index in [0.29, 0.717) is 19.4 Å². The van der Waals surface area contributed by atoms with Crippen molar-refractivity contribution in [1.82, 2.24) is 10.3 Å². The summed E-state index contributed by atoms with van der Waals surface area (Å²) in [6.07, 6.45) is 3.15. The van der Waals surface area contributed by atoms with Crippen LogP contribution in [0.1, 0.15) is 29.6 Å². The Morgan fingerprint density at radius 2 is 2.12 bits per heavy atom. The summed E-state index contributed by atoms with van der Waals surface area (Å²) in [5.74, 6) is -3.17. The highest BCUT2D eigenvalue weighted by molar-refractivity contribution is 5.94. The van der Waals surface area contributed by atoms with Gasteiger partial charge in [0, 0.05) is 19.3 Å². The zero-order valence-corrected chi connectivity index (χ0v) is 9.25. The normalized spacial score (nSPS) is 10.3. The van der Waals surface area contributed by atoms with Crippen LogP contribution in [0.5, 0.6) is 0 Å². The third kappa shape index (κ3) is 4.07. The van der Waals surface area contributed by atoms with E-state index in [2.05, 4.69) is 10.3 Å². The lowest BCUT2D eigenvalue weighted by Crippen LogP contribution is -2.25. The summed E-state index contributed by atoms with van der Waals surface area (Å²) in [6, 6.07) is 1.13. The number of carbonyl (C=O) groups is 1. The molecule has 1 aromatic rings. The Hall–Kier alpha value is -1.56. The summed E-state index contributed by atoms with van der Waals surface area (Å²) in [7, 11) is 0. The number of aromatic nitrogens is 1. The first-order valence-corrected chi connectivity index (χ1v) is 5.36. The Kier molecular flexibility index (Phi) is 5.48. The van der Waals surface area contributed by atoms with Crippen molar-refractivity contribution in [3.63, 3.8) is 0 Å². The quantitative estimate of drug-likeness (QED) is 0.585. The highest BCUT2D eigenvalue weighted by atomic mass is 19.2. The number of rotatable bonds is 6. The van der Waals surface area contributed by atoms with E-state index in [9.17, 15) is 13.6 Å². The molecule has 4 nitrogen and oxygen atoms in total. The number of hydrogen-bond donors (Lipinski definition) is 2. The van der Waals surface area contributed by atoms with Crippen LogP contribution < -0.4 is 5.32 Å². The Morgan fingerprint density at radius 1 is 1.35 bits per heavy atom.